The van der Waals surface area contributed by atoms with Crippen LogP contribution in [0.2, 0.25) is 0 Å². The van der Waals surface area contributed by atoms with Gasteiger partial charge in [-0.25, -0.2) is 0 Å². The number of carbonyl (C=O) groups is 1. The number of benzene rings is 2. The van der Waals surface area contributed by atoms with Crippen LogP contribution in [-0.2, 0) is 36.7 Å². The Morgan fingerprint density at radius 3 is 2.18 bits per heavy atom. The molecule has 5 rings (SSSR count). The molecule has 0 amide bonds. The summed E-state index contributed by atoms with van der Waals surface area (Å²) >= 11 is 1.87. The van der Waals surface area contributed by atoms with Gasteiger partial charge in [0.15, 0.2) is 5.78 Å². The van der Waals surface area contributed by atoms with Crippen molar-refractivity contribution in [1.29, 1.82) is 0 Å². The molecule has 0 aliphatic rings. The van der Waals surface area contributed by atoms with Gasteiger partial charge in [0, 0.05) is 61.0 Å². The molecule has 2 aromatic carbocycles. The second-order valence-corrected chi connectivity index (χ2v) is 15.3. The van der Waals surface area contributed by atoms with Gasteiger partial charge in [-0.05, 0) is 72.6 Å². The number of pyridine rings is 2. The standard InChI is InChI=1S/C30H29N2S.C13H24O2.Ir/c1-19(2)14-24-16-22-11-13-32-28(29(22)33-24)21-10-12-31-27(18-21)23-15-20-8-6-7-9-25(20)26(17-23)30(3,4)5;1-5-10(6-2)12(14)9-13(15)11(7-3)8-4;/h6-13,16-19H,14H2,1-5H3;9-11,14H,5-8H2,1-4H3;/q-1;;/b;12-9-;. The Balaban J connectivity index is 0.000000347. The van der Waals surface area contributed by atoms with Crippen molar-refractivity contribution in [2.24, 2.45) is 17.8 Å². The van der Waals surface area contributed by atoms with Gasteiger partial charge in [-0.2, -0.15) is 0 Å². The van der Waals surface area contributed by atoms with E-state index in [0.29, 0.717) is 5.92 Å². The average Bonchev–Trinajstić information content (AvgIpc) is 3.47. The van der Waals surface area contributed by atoms with E-state index in [1.807, 2.05) is 51.4 Å². The molecule has 0 bridgehead atoms. The van der Waals surface area contributed by atoms with Crippen LogP contribution in [0.15, 0.2) is 78.8 Å². The number of aliphatic hydroxyl groups is 1. The SMILES string of the molecule is CC(C)Cc1cc2ccnc(-c3ccnc(-c4[c-]c5ccccc5c(C(C)(C)C)c4)c3)c2s1.CCC(CC)C(=O)/C=C(\O)C(CC)CC.[Ir]. The van der Waals surface area contributed by atoms with Crippen molar-refractivity contribution < 1.29 is 30.0 Å². The fourth-order valence-electron chi connectivity index (χ4n) is 6.22. The summed E-state index contributed by atoms with van der Waals surface area (Å²) in [5.74, 6) is 1.19. The summed E-state index contributed by atoms with van der Waals surface area (Å²) in [7, 11) is 0. The summed E-state index contributed by atoms with van der Waals surface area (Å²) in [5, 5.41) is 13.4. The third-order valence-corrected chi connectivity index (χ3v) is 10.2. The van der Waals surface area contributed by atoms with Crippen LogP contribution in [0.25, 0.3) is 43.4 Å². The molecule has 6 heteroatoms. The minimum Gasteiger partial charge on any atom is -0.512 e. The van der Waals surface area contributed by atoms with Crippen LogP contribution in [0.4, 0.5) is 0 Å². The van der Waals surface area contributed by atoms with Crippen molar-refractivity contribution in [2.75, 3.05) is 0 Å². The van der Waals surface area contributed by atoms with E-state index < -0.39 is 0 Å². The predicted octanol–water partition coefficient (Wildman–Crippen LogP) is 12.3. The average molecular weight is 854 g/mol. The fourth-order valence-corrected chi connectivity index (χ4v) is 7.60. The topological polar surface area (TPSA) is 63.1 Å². The van der Waals surface area contributed by atoms with Crippen molar-refractivity contribution in [2.45, 2.75) is 99.8 Å². The predicted molar refractivity (Wildman–Crippen MR) is 206 cm³/mol. The molecule has 4 nitrogen and oxygen atoms in total. The Hall–Kier alpha value is -3.18. The maximum absolute atomic E-state index is 11.7. The van der Waals surface area contributed by atoms with E-state index in [9.17, 15) is 9.90 Å². The number of aromatic nitrogens is 2. The molecular formula is C43H53IrN2O2S-. The molecular weight excluding hydrogens is 801 g/mol. The van der Waals surface area contributed by atoms with Crippen LogP contribution in [0.5, 0.6) is 0 Å². The largest absolute Gasteiger partial charge is 0.512 e. The van der Waals surface area contributed by atoms with Gasteiger partial charge < -0.3 is 5.11 Å². The molecule has 49 heavy (non-hydrogen) atoms. The molecule has 0 aliphatic carbocycles. The third kappa shape index (κ3) is 10.2. The molecule has 263 valence electrons. The van der Waals surface area contributed by atoms with Crippen LogP contribution in [0.1, 0.15) is 98.4 Å². The van der Waals surface area contributed by atoms with Crippen molar-refractivity contribution in [3.05, 3.63) is 95.3 Å². The first-order valence-corrected chi connectivity index (χ1v) is 18.5. The van der Waals surface area contributed by atoms with Crippen LogP contribution in [-0.4, -0.2) is 20.9 Å². The van der Waals surface area contributed by atoms with E-state index in [-0.39, 0.29) is 48.9 Å². The van der Waals surface area contributed by atoms with Crippen LogP contribution in [0.3, 0.4) is 0 Å². The molecule has 0 saturated heterocycles. The van der Waals surface area contributed by atoms with Gasteiger partial charge in [0.05, 0.1) is 16.2 Å². The number of hydrogen-bond acceptors (Lipinski definition) is 5. The number of ketones is 1. The number of carbonyl (C=O) groups excluding carboxylic acids is 1. The summed E-state index contributed by atoms with van der Waals surface area (Å²) < 4.78 is 1.25. The number of thiophene rings is 1. The summed E-state index contributed by atoms with van der Waals surface area (Å²) in [5.41, 5.74) is 5.44. The van der Waals surface area contributed by atoms with Gasteiger partial charge in [-0.3, -0.25) is 14.8 Å². The molecule has 0 unspecified atom stereocenters. The van der Waals surface area contributed by atoms with Gasteiger partial charge in [0.1, 0.15) is 0 Å². The zero-order valence-corrected chi connectivity index (χ0v) is 33.9. The normalized spacial score (nSPS) is 12.0. The van der Waals surface area contributed by atoms with E-state index in [1.165, 1.54) is 32.0 Å². The maximum Gasteiger partial charge on any atom is 0.162 e. The first-order chi connectivity index (χ1) is 22.9. The molecule has 3 heterocycles. The summed E-state index contributed by atoms with van der Waals surface area (Å²) in [4.78, 5) is 22.7. The third-order valence-electron chi connectivity index (χ3n) is 9.07. The monoisotopic (exact) mass is 854 g/mol. The number of rotatable bonds is 11. The number of allylic oxidation sites excluding steroid dienone is 2. The number of fused-ring (bicyclic) bond motifs is 2. The second-order valence-electron chi connectivity index (χ2n) is 14.2. The molecule has 1 N–H and O–H groups in total. The minimum absolute atomic E-state index is 0. The van der Waals surface area contributed by atoms with Crippen LogP contribution in [0, 0.1) is 23.8 Å². The quantitative estimate of drug-likeness (QED) is 0.0817. The Morgan fingerprint density at radius 1 is 0.898 bits per heavy atom. The van der Waals surface area contributed by atoms with Crippen molar-refractivity contribution in [3.8, 4) is 22.5 Å². The molecule has 0 spiro atoms. The number of hydrogen-bond donors (Lipinski definition) is 1. The smallest absolute Gasteiger partial charge is 0.162 e. The van der Waals surface area contributed by atoms with Crippen molar-refractivity contribution in [3.63, 3.8) is 0 Å². The summed E-state index contributed by atoms with van der Waals surface area (Å²) in [6.45, 7) is 19.4. The summed E-state index contributed by atoms with van der Waals surface area (Å²) in [6.07, 6.45) is 9.82. The van der Waals surface area contributed by atoms with E-state index in [4.69, 9.17) is 9.97 Å². The summed E-state index contributed by atoms with van der Waals surface area (Å²) in [6, 6.07) is 23.1. The Morgan fingerprint density at radius 2 is 1.55 bits per heavy atom. The van der Waals surface area contributed by atoms with E-state index in [2.05, 4.69) is 95.3 Å². The maximum atomic E-state index is 11.7. The Kier molecular flexibility index (Phi) is 14.9. The van der Waals surface area contributed by atoms with Gasteiger partial charge in [0.25, 0.3) is 0 Å². The van der Waals surface area contributed by atoms with E-state index in [0.717, 1.165) is 60.0 Å². The zero-order valence-electron chi connectivity index (χ0n) is 30.7. The molecule has 1 radical (unpaired) electrons. The first-order valence-electron chi connectivity index (χ1n) is 17.6. The van der Waals surface area contributed by atoms with Crippen molar-refractivity contribution in [1.82, 2.24) is 9.97 Å². The Labute approximate surface area is 311 Å². The molecule has 0 fully saturated rings. The van der Waals surface area contributed by atoms with Crippen LogP contribution < -0.4 is 0 Å². The Bertz CT molecular complexity index is 1860. The van der Waals surface area contributed by atoms with Gasteiger partial charge in [0.2, 0.25) is 0 Å². The number of aliphatic hydroxyl groups excluding tert-OH is 1. The second kappa shape index (κ2) is 18.2. The molecule has 0 atom stereocenters. The molecule has 3 aromatic heterocycles. The first kappa shape index (κ1) is 40.3. The van der Waals surface area contributed by atoms with Gasteiger partial charge in [-0.15, -0.1) is 40.5 Å². The zero-order chi connectivity index (χ0) is 35.0. The van der Waals surface area contributed by atoms with E-state index in [1.54, 1.807) is 0 Å². The molecule has 0 aliphatic heterocycles. The number of nitrogens with zero attached hydrogens (tertiary/aromatic N) is 2. The fraction of sp³-hybridized carbons (Fsp3) is 0.419. The minimum atomic E-state index is 0. The van der Waals surface area contributed by atoms with Crippen LogP contribution >= 0.6 is 11.3 Å². The van der Waals surface area contributed by atoms with Gasteiger partial charge in [-0.1, -0.05) is 97.5 Å². The van der Waals surface area contributed by atoms with E-state index >= 15 is 0 Å². The van der Waals surface area contributed by atoms with Gasteiger partial charge >= 0.3 is 0 Å². The van der Waals surface area contributed by atoms with Crippen molar-refractivity contribution >= 4 is 38.0 Å². The molecule has 5 aromatic rings. The molecule has 0 saturated carbocycles.